The highest BCUT2D eigenvalue weighted by molar-refractivity contribution is 5.72. The third kappa shape index (κ3) is 20.0. The molecule has 3 aliphatic rings. The Morgan fingerprint density at radius 2 is 1.57 bits per heavy atom. The third-order valence-electron chi connectivity index (χ3n) is 9.02. The molecule has 12 atom stereocenters. The van der Waals surface area contributed by atoms with E-state index in [-0.39, 0.29) is 56.9 Å². The van der Waals surface area contributed by atoms with Crippen molar-refractivity contribution in [2.75, 3.05) is 48.1 Å². The molecule has 13 heteroatoms. The van der Waals surface area contributed by atoms with E-state index in [0.717, 1.165) is 19.3 Å². The summed E-state index contributed by atoms with van der Waals surface area (Å²) in [6, 6.07) is 0.229. The van der Waals surface area contributed by atoms with Crippen molar-refractivity contribution in [3.63, 3.8) is 0 Å². The van der Waals surface area contributed by atoms with Crippen LogP contribution in [0.15, 0.2) is 0 Å². The van der Waals surface area contributed by atoms with Crippen molar-refractivity contribution in [3.8, 4) is 0 Å². The van der Waals surface area contributed by atoms with Crippen molar-refractivity contribution < 1.29 is 54.0 Å². The summed E-state index contributed by atoms with van der Waals surface area (Å²) in [7, 11) is 7.42. The molecule has 49 heavy (non-hydrogen) atoms. The van der Waals surface area contributed by atoms with Gasteiger partial charge < -0.3 is 59.4 Å². The second kappa shape index (κ2) is 25.1. The number of aliphatic hydroxyl groups excluding tert-OH is 3. The molecule has 0 saturated carbocycles. The van der Waals surface area contributed by atoms with Crippen LogP contribution in [0.3, 0.4) is 0 Å². The molecule has 0 radical (unpaired) electrons. The molecule has 6 N–H and O–H groups in total. The van der Waals surface area contributed by atoms with E-state index in [1.165, 1.54) is 14.0 Å². The highest BCUT2D eigenvalue weighted by atomic mass is 16.7. The van der Waals surface area contributed by atoms with E-state index in [0.29, 0.717) is 44.4 Å². The quantitative estimate of drug-likeness (QED) is 0.236. The van der Waals surface area contributed by atoms with Gasteiger partial charge in [0.05, 0.1) is 30.3 Å². The number of carbonyl (C=O) groups excluding carboxylic acids is 1. The number of rotatable bonds is 3. The molecule has 0 aliphatic carbocycles. The Labute approximate surface area is 298 Å². The average Bonchev–Trinajstić information content (AvgIpc) is 3.03. The van der Waals surface area contributed by atoms with Gasteiger partial charge in [-0.25, -0.2) is 0 Å². The minimum absolute atomic E-state index is 0. The van der Waals surface area contributed by atoms with Gasteiger partial charge in [-0.3, -0.25) is 4.79 Å². The molecule has 13 nitrogen and oxygen atoms in total. The fourth-order valence-corrected chi connectivity index (χ4v) is 5.95. The molecule has 3 fully saturated rings. The van der Waals surface area contributed by atoms with Gasteiger partial charge in [-0.2, -0.15) is 0 Å². The van der Waals surface area contributed by atoms with Gasteiger partial charge in [0.25, 0.3) is 0 Å². The molecule has 3 saturated heterocycles. The number of esters is 1. The number of nitrogens with one attached hydrogen (secondary N) is 1. The fraction of sp³-hybridized carbons (Fsp3) is 0.972. The van der Waals surface area contributed by atoms with Crippen LogP contribution >= 0.6 is 0 Å². The van der Waals surface area contributed by atoms with Crippen molar-refractivity contribution in [3.05, 3.63) is 0 Å². The molecule has 3 heterocycles. The van der Waals surface area contributed by atoms with Crippen molar-refractivity contribution in [1.82, 2.24) is 10.2 Å². The molecular formula is C36H76N2O11. The Hall–Kier alpha value is -0.970. The highest BCUT2D eigenvalue weighted by Gasteiger charge is 2.37. The summed E-state index contributed by atoms with van der Waals surface area (Å²) in [5, 5.41) is 52.6. The minimum atomic E-state index is -1.52. The van der Waals surface area contributed by atoms with Gasteiger partial charge in [-0.1, -0.05) is 35.1 Å². The number of ether oxygens (including phenoxy) is 5. The Balaban J connectivity index is 0. The molecule has 0 bridgehead atoms. The lowest BCUT2D eigenvalue weighted by Crippen LogP contribution is -2.54. The Bertz CT molecular complexity index is 848. The zero-order valence-electron chi connectivity index (χ0n) is 32.0. The maximum Gasteiger partial charge on any atom is 0.308 e. The number of cyclic esters (lactones) is 1. The van der Waals surface area contributed by atoms with Crippen LogP contribution in [0.1, 0.15) is 108 Å². The van der Waals surface area contributed by atoms with E-state index >= 15 is 0 Å². The summed E-state index contributed by atoms with van der Waals surface area (Å²) >= 11 is 0. The van der Waals surface area contributed by atoms with Crippen LogP contribution in [0.2, 0.25) is 0 Å². The molecule has 0 aromatic rings. The number of hydrogen-bond donors (Lipinski definition) is 6. The van der Waals surface area contributed by atoms with Crippen molar-refractivity contribution >= 4 is 5.97 Å². The van der Waals surface area contributed by atoms with Crippen LogP contribution in [0.5, 0.6) is 0 Å². The number of aliphatic hydroxyl groups is 5. The van der Waals surface area contributed by atoms with Gasteiger partial charge in [0.2, 0.25) is 0 Å². The summed E-state index contributed by atoms with van der Waals surface area (Å²) in [4.78, 5) is 14.3. The normalized spacial score (nSPS) is 39.4. The summed E-state index contributed by atoms with van der Waals surface area (Å²) in [6.45, 7) is 15.6. The summed E-state index contributed by atoms with van der Waals surface area (Å²) in [6.07, 6.45) is 2.62. The maximum atomic E-state index is 12.0. The SMILES string of the molecule is C.CC.CC1CCC[C@](C)(O)C[C@@H](C)CNC(C)C(O)[C@](C)(O)COC1=O.COC1CC(N(C)C)CC(C)O1.COC1CC(O)OCC1O. The fourth-order valence-electron chi connectivity index (χ4n) is 5.95. The van der Waals surface area contributed by atoms with Gasteiger partial charge in [0, 0.05) is 39.1 Å². The first-order valence-corrected chi connectivity index (χ1v) is 17.7. The monoisotopic (exact) mass is 713 g/mol. The Kier molecular flexibility index (Phi) is 25.7. The first-order valence-electron chi connectivity index (χ1n) is 17.7. The second-order valence-electron chi connectivity index (χ2n) is 14.3. The summed E-state index contributed by atoms with van der Waals surface area (Å²) in [5.41, 5.74) is -2.30. The molecule has 0 spiro atoms. The predicted octanol–water partition coefficient (Wildman–Crippen LogP) is 3.07. The molecule has 3 aliphatic heterocycles. The van der Waals surface area contributed by atoms with E-state index < -0.39 is 29.7 Å². The van der Waals surface area contributed by atoms with E-state index in [2.05, 4.69) is 31.2 Å². The topological polar surface area (TPSA) is 180 Å². The standard InChI is InChI=1S/C18H35NO5.C9H19NO2.C6H12O4.C2H6.CH4/c1-12-9-17(4,22)8-6-7-13(2)16(21)24-11-18(5,23)15(20)14(3)19-10-12;1-7-5-8(10(2)3)6-9(11-4)12-7;1-9-5-2-6(8)10-3-4(5)7;1-2;/h12-15,19-20,22-23H,6-11H2,1-5H3;7-9H,5-6H2,1-4H3;4-8H,2-3H2,1H3;1-2H3;1H4/t12-,13?,14?,15?,17+,18-;;;;/m1..../s1. The van der Waals surface area contributed by atoms with E-state index in [4.69, 9.17) is 33.9 Å². The molecule has 9 unspecified atom stereocenters. The van der Waals surface area contributed by atoms with Crippen LogP contribution in [0, 0.1) is 11.8 Å². The average molecular weight is 713 g/mol. The minimum Gasteiger partial charge on any atom is -0.462 e. The number of carbonyl (C=O) groups is 1. The zero-order valence-corrected chi connectivity index (χ0v) is 32.0. The first-order chi connectivity index (χ1) is 22.3. The zero-order chi connectivity index (χ0) is 37.2. The number of nitrogens with zero attached hydrogens (tertiary/aromatic N) is 1. The molecule has 0 aromatic carbocycles. The molecule has 0 amide bonds. The third-order valence-corrected chi connectivity index (χ3v) is 9.02. The van der Waals surface area contributed by atoms with Crippen molar-refractivity contribution in [2.24, 2.45) is 11.8 Å². The van der Waals surface area contributed by atoms with Gasteiger partial charge in [0.1, 0.15) is 24.4 Å². The molecular weight excluding hydrogens is 636 g/mol. The van der Waals surface area contributed by atoms with Crippen LogP contribution in [-0.4, -0.2) is 145 Å². The van der Waals surface area contributed by atoms with E-state index in [1.807, 2.05) is 27.7 Å². The van der Waals surface area contributed by atoms with E-state index in [1.54, 1.807) is 21.0 Å². The highest BCUT2D eigenvalue weighted by Crippen LogP contribution is 2.26. The van der Waals surface area contributed by atoms with Crippen LogP contribution in [-0.2, 0) is 28.5 Å². The van der Waals surface area contributed by atoms with Crippen LogP contribution in [0.25, 0.3) is 0 Å². The van der Waals surface area contributed by atoms with Crippen LogP contribution < -0.4 is 5.32 Å². The van der Waals surface area contributed by atoms with Gasteiger partial charge in [-0.05, 0) is 86.4 Å². The van der Waals surface area contributed by atoms with Crippen molar-refractivity contribution in [1.29, 1.82) is 0 Å². The van der Waals surface area contributed by atoms with Gasteiger partial charge in [0.15, 0.2) is 12.6 Å². The lowest BCUT2D eigenvalue weighted by molar-refractivity contribution is -0.199. The predicted molar refractivity (Wildman–Crippen MR) is 192 cm³/mol. The second-order valence-corrected chi connectivity index (χ2v) is 14.3. The molecule has 0 aromatic heterocycles. The maximum absolute atomic E-state index is 12.0. The van der Waals surface area contributed by atoms with Crippen molar-refractivity contribution in [2.45, 2.75) is 168 Å². The van der Waals surface area contributed by atoms with Gasteiger partial charge >= 0.3 is 5.97 Å². The molecule has 296 valence electrons. The van der Waals surface area contributed by atoms with Crippen LogP contribution in [0.4, 0.5) is 0 Å². The number of methoxy groups -OCH3 is 2. The van der Waals surface area contributed by atoms with Gasteiger partial charge in [-0.15, -0.1) is 0 Å². The lowest BCUT2D eigenvalue weighted by Gasteiger charge is -2.36. The molecule has 3 rings (SSSR count). The lowest BCUT2D eigenvalue weighted by atomic mass is 9.87. The largest absolute Gasteiger partial charge is 0.462 e. The smallest absolute Gasteiger partial charge is 0.308 e. The number of hydrogen-bond acceptors (Lipinski definition) is 13. The summed E-state index contributed by atoms with van der Waals surface area (Å²) < 4.78 is 25.6. The van der Waals surface area contributed by atoms with E-state index in [9.17, 15) is 20.1 Å². The Morgan fingerprint density at radius 1 is 0.959 bits per heavy atom. The Morgan fingerprint density at radius 3 is 2.10 bits per heavy atom. The first kappa shape index (κ1) is 50.1. The summed E-state index contributed by atoms with van der Waals surface area (Å²) in [5.74, 6) is -0.460.